The largest absolute Gasteiger partial charge is 0.390 e. The molecule has 3 fully saturated rings. The minimum atomic E-state index is -1.02. The lowest BCUT2D eigenvalue weighted by atomic mass is 9.52. The van der Waals surface area contributed by atoms with Gasteiger partial charge in [0.1, 0.15) is 5.78 Å². The van der Waals surface area contributed by atoms with Crippen molar-refractivity contribution < 1.29 is 20.1 Å². The standard InChI is InChI=1S/C33H44O4/c1-31(2,3)23-12-10-21(11-13-23)8-6-5-7-9-22-19-32(4)27(18-28(35)30(32)36)25-16-17-33(37)20-24(34)14-15-26(33)29(22)25/h10-13,22,25,27-28,30,35-37H,5-6,8,14-20H2,1-4H3/t22?,25-,27-,28+,30?,32-,33+/m0/s1. The Hall–Kier alpha value is -1.93. The molecule has 0 aromatic heterocycles. The van der Waals surface area contributed by atoms with E-state index in [-0.39, 0.29) is 40.8 Å². The van der Waals surface area contributed by atoms with Gasteiger partial charge < -0.3 is 15.3 Å². The number of fused-ring (bicyclic) bond motifs is 4. The zero-order valence-electron chi connectivity index (χ0n) is 23.0. The predicted molar refractivity (Wildman–Crippen MR) is 146 cm³/mol. The van der Waals surface area contributed by atoms with E-state index in [1.807, 2.05) is 0 Å². The first-order chi connectivity index (χ1) is 17.4. The first-order valence-electron chi connectivity index (χ1n) is 14.3. The number of aryl methyl sites for hydroxylation is 1. The number of aliphatic hydroxyl groups is 3. The summed E-state index contributed by atoms with van der Waals surface area (Å²) < 4.78 is 0. The number of ketones is 1. The van der Waals surface area contributed by atoms with E-state index < -0.39 is 17.8 Å². The van der Waals surface area contributed by atoms with Crippen LogP contribution in [0.4, 0.5) is 0 Å². The summed E-state index contributed by atoms with van der Waals surface area (Å²) in [6, 6.07) is 8.92. The van der Waals surface area contributed by atoms with Crippen molar-refractivity contribution in [3.63, 3.8) is 0 Å². The number of benzene rings is 1. The third-order valence-electron chi connectivity index (χ3n) is 10.1. The molecule has 0 aliphatic heterocycles. The SMILES string of the molecule is CC(C)(C)c1ccc(CCCC#CC2C[C@]3(C)C(O)[C@H](O)C[C@H]3[C@@H]3CC[C@@]4(O)CC(=O)CCC4=C23)cc1. The molecule has 4 aliphatic carbocycles. The van der Waals surface area contributed by atoms with E-state index in [2.05, 4.69) is 63.8 Å². The van der Waals surface area contributed by atoms with E-state index in [0.717, 1.165) is 31.3 Å². The van der Waals surface area contributed by atoms with Crippen LogP contribution in [0.2, 0.25) is 0 Å². The third kappa shape index (κ3) is 4.84. The van der Waals surface area contributed by atoms with Crippen molar-refractivity contribution in [1.29, 1.82) is 0 Å². The van der Waals surface area contributed by atoms with E-state index in [4.69, 9.17) is 0 Å². The highest BCUT2D eigenvalue weighted by molar-refractivity contribution is 5.82. The van der Waals surface area contributed by atoms with Gasteiger partial charge in [0.05, 0.1) is 17.8 Å². The Labute approximate surface area is 222 Å². The second-order valence-electron chi connectivity index (χ2n) is 13.6. The van der Waals surface area contributed by atoms with Crippen LogP contribution in [0.3, 0.4) is 0 Å². The fourth-order valence-electron chi connectivity index (χ4n) is 7.97. The zero-order valence-corrected chi connectivity index (χ0v) is 23.0. The average molecular weight is 505 g/mol. The number of carbonyl (C=O) groups is 1. The number of allylic oxidation sites excluding steroid dienone is 1. The lowest BCUT2D eigenvalue weighted by Crippen LogP contribution is -2.50. The van der Waals surface area contributed by atoms with E-state index in [1.165, 1.54) is 16.7 Å². The molecule has 37 heavy (non-hydrogen) atoms. The monoisotopic (exact) mass is 504 g/mol. The highest BCUT2D eigenvalue weighted by atomic mass is 16.3. The van der Waals surface area contributed by atoms with Gasteiger partial charge in [-0.05, 0) is 84.5 Å². The van der Waals surface area contributed by atoms with Crippen molar-refractivity contribution in [1.82, 2.24) is 0 Å². The second-order valence-corrected chi connectivity index (χ2v) is 13.6. The Morgan fingerprint density at radius 3 is 2.54 bits per heavy atom. The summed E-state index contributed by atoms with van der Waals surface area (Å²) >= 11 is 0. The molecule has 3 saturated carbocycles. The minimum absolute atomic E-state index is 0.0349. The third-order valence-corrected chi connectivity index (χ3v) is 10.1. The van der Waals surface area contributed by atoms with Crippen LogP contribution in [-0.2, 0) is 16.6 Å². The van der Waals surface area contributed by atoms with Crippen molar-refractivity contribution in [2.75, 3.05) is 0 Å². The van der Waals surface area contributed by atoms with Crippen LogP contribution in [0.5, 0.6) is 0 Å². The normalized spacial score (nSPS) is 37.4. The quantitative estimate of drug-likeness (QED) is 0.298. The maximum Gasteiger partial charge on any atom is 0.136 e. The molecule has 2 unspecified atom stereocenters. The predicted octanol–water partition coefficient (Wildman–Crippen LogP) is 5.27. The lowest BCUT2D eigenvalue weighted by molar-refractivity contribution is -0.126. The fraction of sp³-hybridized carbons (Fsp3) is 0.667. The molecule has 1 aromatic rings. The Bertz CT molecular complexity index is 1130. The molecule has 1 aromatic carbocycles. The molecule has 0 bridgehead atoms. The van der Waals surface area contributed by atoms with Gasteiger partial charge in [0.15, 0.2) is 0 Å². The van der Waals surface area contributed by atoms with Gasteiger partial charge in [-0.3, -0.25) is 4.79 Å². The fourth-order valence-corrected chi connectivity index (χ4v) is 7.97. The zero-order chi connectivity index (χ0) is 26.6. The maximum atomic E-state index is 12.2. The summed E-state index contributed by atoms with van der Waals surface area (Å²) in [5.41, 5.74) is 3.74. The van der Waals surface area contributed by atoms with Crippen molar-refractivity contribution in [2.45, 2.75) is 115 Å². The van der Waals surface area contributed by atoms with Crippen LogP contribution in [-0.4, -0.2) is 38.9 Å². The molecule has 3 N–H and O–H groups in total. The first-order valence-corrected chi connectivity index (χ1v) is 14.3. The molecule has 0 saturated heterocycles. The van der Waals surface area contributed by atoms with Gasteiger partial charge in [0, 0.05) is 30.6 Å². The van der Waals surface area contributed by atoms with Gasteiger partial charge in [-0.2, -0.15) is 0 Å². The Morgan fingerprint density at radius 2 is 1.84 bits per heavy atom. The molecule has 0 amide bonds. The van der Waals surface area contributed by atoms with Gasteiger partial charge >= 0.3 is 0 Å². The van der Waals surface area contributed by atoms with Crippen LogP contribution in [0, 0.1) is 35.0 Å². The van der Waals surface area contributed by atoms with E-state index in [9.17, 15) is 20.1 Å². The maximum absolute atomic E-state index is 12.2. The average Bonchev–Trinajstić information content (AvgIpc) is 3.06. The van der Waals surface area contributed by atoms with Crippen molar-refractivity contribution in [3.8, 4) is 11.8 Å². The lowest BCUT2D eigenvalue weighted by Gasteiger charge is -2.53. The topological polar surface area (TPSA) is 77.8 Å². The van der Waals surface area contributed by atoms with Crippen LogP contribution in [0.25, 0.3) is 0 Å². The number of Topliss-reactive ketones (excluding diaryl/α,β-unsaturated/α-hetero) is 1. The smallest absolute Gasteiger partial charge is 0.136 e. The van der Waals surface area contributed by atoms with Crippen molar-refractivity contribution >= 4 is 5.78 Å². The van der Waals surface area contributed by atoms with Gasteiger partial charge in [-0.15, -0.1) is 5.92 Å². The van der Waals surface area contributed by atoms with Gasteiger partial charge in [-0.25, -0.2) is 0 Å². The summed E-state index contributed by atoms with van der Waals surface area (Å²) in [4.78, 5) is 12.2. The molecule has 0 spiro atoms. The summed E-state index contributed by atoms with van der Waals surface area (Å²) in [5, 5.41) is 33.1. The summed E-state index contributed by atoms with van der Waals surface area (Å²) in [7, 11) is 0. The molecule has 0 heterocycles. The molecule has 4 aliphatic rings. The van der Waals surface area contributed by atoms with Crippen molar-refractivity contribution in [3.05, 3.63) is 46.5 Å². The Kier molecular flexibility index (Phi) is 6.97. The number of carbonyl (C=O) groups excluding carboxylic acids is 1. The highest BCUT2D eigenvalue weighted by Crippen LogP contribution is 2.62. The molecule has 4 heteroatoms. The highest BCUT2D eigenvalue weighted by Gasteiger charge is 2.60. The van der Waals surface area contributed by atoms with E-state index in [1.54, 1.807) is 0 Å². The Morgan fingerprint density at radius 1 is 1.11 bits per heavy atom. The number of unbranched alkanes of at least 4 members (excludes halogenated alkanes) is 1. The summed E-state index contributed by atoms with van der Waals surface area (Å²) in [5.74, 6) is 7.55. The van der Waals surface area contributed by atoms with E-state index >= 15 is 0 Å². The van der Waals surface area contributed by atoms with Crippen LogP contribution in [0.1, 0.15) is 96.6 Å². The molecule has 0 radical (unpaired) electrons. The second kappa shape index (κ2) is 9.67. The number of aliphatic hydroxyl groups excluding tert-OH is 2. The Balaban J connectivity index is 1.36. The minimum Gasteiger partial charge on any atom is -0.390 e. The molecular formula is C33H44O4. The molecule has 4 nitrogen and oxygen atoms in total. The van der Waals surface area contributed by atoms with Crippen molar-refractivity contribution in [2.24, 2.45) is 23.2 Å². The van der Waals surface area contributed by atoms with E-state index in [0.29, 0.717) is 32.1 Å². The molecular weight excluding hydrogens is 460 g/mol. The summed E-state index contributed by atoms with van der Waals surface area (Å²) in [6.07, 6.45) is 5.38. The first kappa shape index (κ1) is 26.7. The van der Waals surface area contributed by atoms with Gasteiger partial charge in [0.25, 0.3) is 0 Å². The van der Waals surface area contributed by atoms with Gasteiger partial charge in [0.2, 0.25) is 0 Å². The summed E-state index contributed by atoms with van der Waals surface area (Å²) in [6.45, 7) is 8.82. The number of hydrogen-bond donors (Lipinski definition) is 3. The van der Waals surface area contributed by atoms with Crippen LogP contribution in [0.15, 0.2) is 35.4 Å². The molecule has 200 valence electrons. The number of hydrogen-bond acceptors (Lipinski definition) is 4. The van der Waals surface area contributed by atoms with Crippen LogP contribution < -0.4 is 0 Å². The molecule has 7 atom stereocenters. The van der Waals surface area contributed by atoms with Gasteiger partial charge in [-0.1, -0.05) is 57.9 Å². The number of rotatable bonds is 3. The van der Waals surface area contributed by atoms with Crippen LogP contribution >= 0.6 is 0 Å². The molecule has 5 rings (SSSR count).